The van der Waals surface area contributed by atoms with Crippen LogP contribution in [0, 0.1) is 24.0 Å². The molecule has 2 aromatic heterocycles. The lowest BCUT2D eigenvalue weighted by Crippen LogP contribution is -2.16. The molecule has 0 fully saturated rings. The molecule has 0 atom stereocenters. The van der Waals surface area contributed by atoms with E-state index < -0.39 is 22.7 Å². The fourth-order valence-corrected chi connectivity index (χ4v) is 2.56. The van der Waals surface area contributed by atoms with E-state index in [0.29, 0.717) is 0 Å². The molecule has 0 saturated heterocycles. The van der Waals surface area contributed by atoms with Gasteiger partial charge in [-0.2, -0.15) is 0 Å². The number of nitro groups is 1. The first-order chi connectivity index (χ1) is 11.8. The van der Waals surface area contributed by atoms with Gasteiger partial charge in [-0.1, -0.05) is 0 Å². The van der Waals surface area contributed by atoms with Crippen LogP contribution in [0.4, 0.5) is 5.82 Å². The average molecular weight is 345 g/mol. The third kappa shape index (κ3) is 3.16. The minimum Gasteiger partial charge on any atom is -0.465 e. The molecule has 9 heteroatoms. The number of hydrogen-bond donors (Lipinski definition) is 0. The number of aromatic nitrogens is 2. The Hall–Kier alpha value is -3.36. The van der Waals surface area contributed by atoms with Gasteiger partial charge in [-0.05, 0) is 35.9 Å². The van der Waals surface area contributed by atoms with E-state index in [9.17, 15) is 19.7 Å². The van der Waals surface area contributed by atoms with Crippen molar-refractivity contribution in [3.63, 3.8) is 0 Å². The number of ether oxygens (including phenoxy) is 2. The lowest BCUT2D eigenvalue weighted by Gasteiger charge is -2.16. The molecule has 0 aliphatic carbocycles. The van der Waals surface area contributed by atoms with E-state index in [1.54, 1.807) is 13.8 Å². The van der Waals surface area contributed by atoms with E-state index in [0.717, 1.165) is 0 Å². The molecular formula is C16H15N3O6. The lowest BCUT2D eigenvalue weighted by atomic mass is 9.92. The highest BCUT2D eigenvalue weighted by Gasteiger charge is 2.31. The van der Waals surface area contributed by atoms with Crippen LogP contribution in [0.15, 0.2) is 18.3 Å². The van der Waals surface area contributed by atoms with E-state index in [1.807, 2.05) is 0 Å². The molecular weight excluding hydrogens is 330 g/mol. The maximum Gasteiger partial charge on any atom is 0.371 e. The zero-order valence-electron chi connectivity index (χ0n) is 14.0. The Balaban J connectivity index is 3.03. The van der Waals surface area contributed by atoms with E-state index >= 15 is 0 Å². The highest BCUT2D eigenvalue weighted by Crippen LogP contribution is 2.36. The zero-order valence-corrected chi connectivity index (χ0v) is 14.0. The van der Waals surface area contributed by atoms with Crippen molar-refractivity contribution in [1.29, 1.82) is 0 Å². The van der Waals surface area contributed by atoms with Gasteiger partial charge >= 0.3 is 17.8 Å². The smallest absolute Gasteiger partial charge is 0.371 e. The summed E-state index contributed by atoms with van der Waals surface area (Å²) in [4.78, 5) is 43.2. The summed E-state index contributed by atoms with van der Waals surface area (Å²) < 4.78 is 9.53. The van der Waals surface area contributed by atoms with Crippen LogP contribution in [0.2, 0.25) is 0 Å². The minimum absolute atomic E-state index is 0.00176. The molecule has 0 aliphatic heterocycles. The van der Waals surface area contributed by atoms with Crippen molar-refractivity contribution in [2.45, 2.75) is 13.8 Å². The van der Waals surface area contributed by atoms with Crippen LogP contribution < -0.4 is 0 Å². The molecule has 0 aromatic carbocycles. The molecule has 0 N–H and O–H groups in total. The van der Waals surface area contributed by atoms with E-state index in [4.69, 9.17) is 9.47 Å². The fraction of sp³-hybridized carbons (Fsp3) is 0.250. The minimum atomic E-state index is -0.775. The van der Waals surface area contributed by atoms with Gasteiger partial charge in [0.2, 0.25) is 0 Å². The average Bonchev–Trinajstić information content (AvgIpc) is 2.59. The highest BCUT2D eigenvalue weighted by atomic mass is 16.6. The molecule has 9 nitrogen and oxygen atoms in total. The Kier molecular flexibility index (Phi) is 5.06. The second kappa shape index (κ2) is 7.04. The normalized spacial score (nSPS) is 10.2. The van der Waals surface area contributed by atoms with Gasteiger partial charge in [0, 0.05) is 5.56 Å². The first kappa shape index (κ1) is 18.0. The van der Waals surface area contributed by atoms with Gasteiger partial charge in [0.1, 0.15) is 6.20 Å². The van der Waals surface area contributed by atoms with Crippen molar-refractivity contribution in [2.75, 3.05) is 14.2 Å². The SMILES string of the molecule is COC(=O)c1c(C)nc(C)c(C(=O)OC)c1-c1cccnc1[N+](=O)[O-]. The standard InChI is InChI=1S/C16H15N3O6/c1-8-11(15(20)24-3)13(12(9(2)18-8)16(21)25-4)10-6-5-7-17-14(10)19(22)23/h5-7H,1-4H3. The Morgan fingerprint density at radius 2 is 1.60 bits per heavy atom. The summed E-state index contributed by atoms with van der Waals surface area (Å²) in [6.45, 7) is 3.10. The summed E-state index contributed by atoms with van der Waals surface area (Å²) in [7, 11) is 2.34. The van der Waals surface area contributed by atoms with Gasteiger partial charge in [-0.15, -0.1) is 0 Å². The number of carbonyl (C=O) groups is 2. The van der Waals surface area contributed by atoms with Gasteiger partial charge in [0.25, 0.3) is 0 Å². The number of methoxy groups -OCH3 is 2. The van der Waals surface area contributed by atoms with Crippen LogP contribution in [0.25, 0.3) is 11.1 Å². The number of carbonyl (C=O) groups excluding carboxylic acids is 2. The van der Waals surface area contributed by atoms with Gasteiger partial charge in [0.05, 0.1) is 42.3 Å². The first-order valence-corrected chi connectivity index (χ1v) is 7.11. The topological polar surface area (TPSA) is 122 Å². The van der Waals surface area contributed by atoms with Crippen LogP contribution in [0.3, 0.4) is 0 Å². The summed E-state index contributed by atoms with van der Waals surface area (Å²) in [6.07, 6.45) is 1.25. The van der Waals surface area contributed by atoms with Crippen molar-refractivity contribution < 1.29 is 24.0 Å². The third-order valence-electron chi connectivity index (χ3n) is 3.57. The van der Waals surface area contributed by atoms with E-state index in [-0.39, 0.29) is 33.6 Å². The van der Waals surface area contributed by atoms with Crippen LogP contribution in [0.5, 0.6) is 0 Å². The van der Waals surface area contributed by atoms with Gasteiger partial charge < -0.3 is 19.6 Å². The number of aryl methyl sites for hydroxylation is 2. The van der Waals surface area contributed by atoms with E-state index in [2.05, 4.69) is 9.97 Å². The Morgan fingerprint density at radius 1 is 1.08 bits per heavy atom. The Morgan fingerprint density at radius 3 is 2.04 bits per heavy atom. The molecule has 0 aliphatic rings. The molecule has 2 rings (SSSR count). The number of esters is 2. The van der Waals surface area contributed by atoms with Crippen molar-refractivity contribution in [1.82, 2.24) is 9.97 Å². The van der Waals surface area contributed by atoms with E-state index in [1.165, 1.54) is 32.5 Å². The molecule has 0 radical (unpaired) electrons. The predicted octanol–water partition coefficient (Wildman–Crippen LogP) is 2.24. The molecule has 0 spiro atoms. The summed E-state index contributed by atoms with van der Waals surface area (Å²) in [6, 6.07) is 2.87. The molecule has 130 valence electrons. The maximum absolute atomic E-state index is 12.3. The van der Waals surface area contributed by atoms with Gasteiger partial charge in [-0.25, -0.2) is 9.59 Å². The van der Waals surface area contributed by atoms with Gasteiger partial charge in [0.15, 0.2) is 0 Å². The van der Waals surface area contributed by atoms with Crippen LogP contribution in [0.1, 0.15) is 32.1 Å². The molecule has 0 saturated carbocycles. The lowest BCUT2D eigenvalue weighted by molar-refractivity contribution is -0.388. The summed E-state index contributed by atoms with van der Waals surface area (Å²) >= 11 is 0. The third-order valence-corrected chi connectivity index (χ3v) is 3.57. The van der Waals surface area contributed by atoms with Gasteiger partial charge in [-0.3, -0.25) is 4.98 Å². The van der Waals surface area contributed by atoms with Crippen molar-refractivity contribution in [3.05, 3.63) is 51.0 Å². The molecule has 0 bridgehead atoms. The van der Waals surface area contributed by atoms with Crippen molar-refractivity contribution in [2.24, 2.45) is 0 Å². The summed E-state index contributed by atoms with van der Waals surface area (Å²) in [5.74, 6) is -2.05. The second-order valence-electron chi connectivity index (χ2n) is 5.02. The molecule has 2 heterocycles. The van der Waals surface area contributed by atoms with Crippen LogP contribution in [-0.2, 0) is 9.47 Å². The molecule has 0 amide bonds. The van der Waals surface area contributed by atoms with Crippen LogP contribution >= 0.6 is 0 Å². The fourth-order valence-electron chi connectivity index (χ4n) is 2.56. The zero-order chi connectivity index (χ0) is 18.7. The Labute approximate surface area is 142 Å². The number of rotatable bonds is 4. The second-order valence-corrected chi connectivity index (χ2v) is 5.02. The summed E-state index contributed by atoms with van der Waals surface area (Å²) in [5.41, 5.74) is 0.454. The quantitative estimate of drug-likeness (QED) is 0.470. The monoisotopic (exact) mass is 345 g/mol. The number of pyridine rings is 2. The Bertz CT molecular complexity index is 838. The van der Waals surface area contributed by atoms with Crippen LogP contribution in [-0.4, -0.2) is 41.0 Å². The predicted molar refractivity (Wildman–Crippen MR) is 86.3 cm³/mol. The maximum atomic E-state index is 12.3. The largest absolute Gasteiger partial charge is 0.465 e. The number of hydrogen-bond acceptors (Lipinski definition) is 8. The molecule has 25 heavy (non-hydrogen) atoms. The summed E-state index contributed by atoms with van der Waals surface area (Å²) in [5, 5.41) is 11.4. The van der Waals surface area contributed by atoms with Crippen molar-refractivity contribution in [3.8, 4) is 11.1 Å². The molecule has 2 aromatic rings. The molecule has 0 unspecified atom stereocenters. The van der Waals surface area contributed by atoms with Crippen molar-refractivity contribution >= 4 is 17.8 Å². The number of nitrogens with zero attached hydrogens (tertiary/aromatic N) is 3. The first-order valence-electron chi connectivity index (χ1n) is 7.11. The highest BCUT2D eigenvalue weighted by molar-refractivity contribution is 6.08.